The molecule has 0 spiro atoms. The van der Waals surface area contributed by atoms with E-state index < -0.39 is 0 Å². The number of rotatable bonds is 4. The second-order valence-corrected chi connectivity index (χ2v) is 6.27. The van der Waals surface area contributed by atoms with Crippen molar-refractivity contribution in [2.75, 3.05) is 31.1 Å². The van der Waals surface area contributed by atoms with Gasteiger partial charge in [0.2, 0.25) is 5.91 Å². The first-order valence-electron chi connectivity index (χ1n) is 8.75. The first kappa shape index (κ1) is 17.0. The lowest BCUT2D eigenvalue weighted by Gasteiger charge is -2.35. The van der Waals surface area contributed by atoms with Gasteiger partial charge in [0.05, 0.1) is 12.6 Å². The molecule has 1 aliphatic rings. The number of pyridine rings is 1. The number of hydrogen-bond acceptors (Lipinski definition) is 6. The quantitative estimate of drug-likeness (QED) is 0.692. The minimum Gasteiger partial charge on any atom is -0.463 e. The molecule has 0 aromatic carbocycles. The maximum atomic E-state index is 12.6. The Morgan fingerprint density at radius 3 is 2.59 bits per heavy atom. The summed E-state index contributed by atoms with van der Waals surface area (Å²) in [6.07, 6.45) is 4.68. The summed E-state index contributed by atoms with van der Waals surface area (Å²) in [6.45, 7) is 2.61. The summed E-state index contributed by atoms with van der Waals surface area (Å²) in [5, 5.41) is 0. The van der Waals surface area contributed by atoms with Gasteiger partial charge >= 0.3 is 0 Å². The molecule has 138 valence electrons. The van der Waals surface area contributed by atoms with E-state index in [1.54, 1.807) is 23.2 Å². The number of furan rings is 1. The van der Waals surface area contributed by atoms with Crippen LogP contribution < -0.4 is 10.5 Å². The van der Waals surface area contributed by atoms with E-state index in [9.17, 15) is 9.59 Å². The van der Waals surface area contributed by atoms with Gasteiger partial charge in [0, 0.05) is 38.4 Å². The Bertz CT molecular complexity index is 961. The van der Waals surface area contributed by atoms with Gasteiger partial charge in [-0.2, -0.15) is 0 Å². The number of anilines is 1. The molecule has 3 aromatic rings. The molecule has 1 amide bonds. The molecule has 4 rings (SSSR count). The maximum absolute atomic E-state index is 12.6. The minimum atomic E-state index is -0.281. The van der Waals surface area contributed by atoms with Crippen molar-refractivity contribution >= 4 is 11.7 Å². The van der Waals surface area contributed by atoms with Crippen LogP contribution in [0.4, 0.5) is 5.82 Å². The second-order valence-electron chi connectivity index (χ2n) is 6.27. The third-order valence-electron chi connectivity index (χ3n) is 4.56. The zero-order valence-electron chi connectivity index (χ0n) is 14.7. The summed E-state index contributed by atoms with van der Waals surface area (Å²) in [7, 11) is 0. The average Bonchev–Trinajstić information content (AvgIpc) is 3.25. The smallest absolute Gasteiger partial charge is 0.254 e. The third-order valence-corrected chi connectivity index (χ3v) is 4.56. The van der Waals surface area contributed by atoms with Crippen molar-refractivity contribution in [2.24, 2.45) is 0 Å². The van der Waals surface area contributed by atoms with Crippen LogP contribution in [0.15, 0.2) is 64.4 Å². The Morgan fingerprint density at radius 1 is 1.07 bits per heavy atom. The molecule has 1 saturated heterocycles. The molecule has 8 nitrogen and oxygen atoms in total. The Hall–Kier alpha value is -3.42. The number of carbonyl (C=O) groups is 1. The van der Waals surface area contributed by atoms with E-state index in [4.69, 9.17) is 4.42 Å². The Morgan fingerprint density at radius 2 is 1.93 bits per heavy atom. The predicted octanol–water partition coefficient (Wildman–Crippen LogP) is 1.25. The van der Waals surface area contributed by atoms with Gasteiger partial charge in [0.1, 0.15) is 18.1 Å². The van der Waals surface area contributed by atoms with E-state index in [-0.39, 0.29) is 18.0 Å². The molecular formula is C19H19N5O3. The first-order chi connectivity index (χ1) is 13.2. The van der Waals surface area contributed by atoms with Crippen LogP contribution in [0, 0.1) is 0 Å². The molecule has 0 bridgehead atoms. The van der Waals surface area contributed by atoms with Gasteiger partial charge in [-0.1, -0.05) is 6.07 Å². The average molecular weight is 365 g/mol. The third kappa shape index (κ3) is 3.74. The molecule has 0 atom stereocenters. The van der Waals surface area contributed by atoms with Crippen molar-refractivity contribution in [3.05, 3.63) is 65.5 Å². The Balaban J connectivity index is 1.38. The molecule has 0 saturated carbocycles. The zero-order chi connectivity index (χ0) is 18.6. The fourth-order valence-corrected chi connectivity index (χ4v) is 3.08. The molecule has 4 heterocycles. The van der Waals surface area contributed by atoms with Crippen molar-refractivity contribution < 1.29 is 9.21 Å². The van der Waals surface area contributed by atoms with Crippen LogP contribution in [-0.4, -0.2) is 51.5 Å². The number of aromatic nitrogens is 3. The van der Waals surface area contributed by atoms with E-state index in [1.807, 2.05) is 18.2 Å². The molecule has 8 heteroatoms. The molecule has 0 N–H and O–H groups in total. The molecule has 1 aliphatic heterocycles. The van der Waals surface area contributed by atoms with E-state index in [2.05, 4.69) is 14.9 Å². The fourth-order valence-electron chi connectivity index (χ4n) is 3.08. The van der Waals surface area contributed by atoms with E-state index >= 15 is 0 Å². The standard InChI is InChI=1S/C19H19N5O3/c25-18-12-15(16-4-3-11-27-16)21-14-24(18)13-19(26)23-9-7-22(8-10-23)17-5-1-2-6-20-17/h1-6,11-12,14H,7-10,13H2. The van der Waals surface area contributed by atoms with Crippen LogP contribution in [0.1, 0.15) is 0 Å². The van der Waals surface area contributed by atoms with Gasteiger partial charge in [-0.3, -0.25) is 14.2 Å². The molecule has 0 radical (unpaired) electrons. The molecule has 0 aliphatic carbocycles. The highest BCUT2D eigenvalue weighted by atomic mass is 16.3. The lowest BCUT2D eigenvalue weighted by atomic mass is 10.3. The normalized spacial score (nSPS) is 14.4. The largest absolute Gasteiger partial charge is 0.463 e. The molecular weight excluding hydrogens is 346 g/mol. The number of carbonyl (C=O) groups excluding carboxylic acids is 1. The summed E-state index contributed by atoms with van der Waals surface area (Å²) < 4.78 is 6.56. The molecule has 3 aromatic heterocycles. The highest BCUT2D eigenvalue weighted by molar-refractivity contribution is 5.76. The van der Waals surface area contributed by atoms with Crippen LogP contribution in [0.2, 0.25) is 0 Å². The lowest BCUT2D eigenvalue weighted by Crippen LogP contribution is -2.50. The minimum absolute atomic E-state index is 0.0200. The van der Waals surface area contributed by atoms with Crippen molar-refractivity contribution in [3.63, 3.8) is 0 Å². The molecule has 1 fully saturated rings. The van der Waals surface area contributed by atoms with Crippen LogP contribution in [0.5, 0.6) is 0 Å². The van der Waals surface area contributed by atoms with E-state index in [0.717, 1.165) is 5.82 Å². The SMILES string of the molecule is O=C(Cn1cnc(-c2ccco2)cc1=O)N1CCN(c2ccccn2)CC1. The predicted molar refractivity (Wildman–Crippen MR) is 99.2 cm³/mol. The second kappa shape index (κ2) is 7.45. The Kier molecular flexibility index (Phi) is 4.69. The number of hydrogen-bond donors (Lipinski definition) is 0. The van der Waals surface area contributed by atoms with Crippen molar-refractivity contribution in [3.8, 4) is 11.5 Å². The molecule has 27 heavy (non-hydrogen) atoms. The molecule has 0 unspecified atom stereocenters. The van der Waals surface area contributed by atoms with E-state index in [1.165, 1.54) is 23.2 Å². The zero-order valence-corrected chi connectivity index (χ0v) is 14.7. The summed E-state index contributed by atoms with van der Waals surface area (Å²) in [4.78, 5) is 37.3. The van der Waals surface area contributed by atoms with Gasteiger partial charge < -0.3 is 14.2 Å². The number of nitrogens with zero attached hydrogens (tertiary/aromatic N) is 5. The lowest BCUT2D eigenvalue weighted by molar-refractivity contribution is -0.132. The first-order valence-corrected chi connectivity index (χ1v) is 8.75. The highest BCUT2D eigenvalue weighted by Gasteiger charge is 2.22. The summed E-state index contributed by atoms with van der Waals surface area (Å²) in [5.41, 5.74) is 0.176. The fraction of sp³-hybridized carbons (Fsp3) is 0.263. The van der Waals surface area contributed by atoms with Crippen LogP contribution in [0.3, 0.4) is 0 Å². The highest BCUT2D eigenvalue weighted by Crippen LogP contribution is 2.15. The van der Waals surface area contributed by atoms with Crippen LogP contribution in [-0.2, 0) is 11.3 Å². The van der Waals surface area contributed by atoms with Crippen molar-refractivity contribution in [1.29, 1.82) is 0 Å². The number of amides is 1. The van der Waals surface area contributed by atoms with Crippen molar-refractivity contribution in [1.82, 2.24) is 19.4 Å². The van der Waals surface area contributed by atoms with Gasteiger partial charge in [0.15, 0.2) is 5.76 Å². The van der Waals surface area contributed by atoms with Gasteiger partial charge in [0.25, 0.3) is 5.56 Å². The van der Waals surface area contributed by atoms with E-state index in [0.29, 0.717) is 37.6 Å². The van der Waals surface area contributed by atoms with Gasteiger partial charge in [-0.15, -0.1) is 0 Å². The summed E-state index contributed by atoms with van der Waals surface area (Å²) in [6, 6.07) is 10.6. The van der Waals surface area contributed by atoms with Gasteiger partial charge in [-0.25, -0.2) is 9.97 Å². The summed E-state index contributed by atoms with van der Waals surface area (Å²) in [5.74, 6) is 1.35. The monoisotopic (exact) mass is 365 g/mol. The summed E-state index contributed by atoms with van der Waals surface area (Å²) >= 11 is 0. The van der Waals surface area contributed by atoms with Crippen LogP contribution in [0.25, 0.3) is 11.5 Å². The maximum Gasteiger partial charge on any atom is 0.254 e. The van der Waals surface area contributed by atoms with Crippen LogP contribution >= 0.6 is 0 Å². The Labute approximate surface area is 155 Å². The van der Waals surface area contributed by atoms with Crippen molar-refractivity contribution in [2.45, 2.75) is 6.54 Å². The van der Waals surface area contributed by atoms with Gasteiger partial charge in [-0.05, 0) is 24.3 Å². The topological polar surface area (TPSA) is 84.5 Å². The number of piperazine rings is 1.